The molecule has 4 rings (SSSR count). The molecule has 0 N–H and O–H groups in total. The Hall–Kier alpha value is -2.49. The molecule has 0 saturated carbocycles. The zero-order valence-electron chi connectivity index (χ0n) is 10.8. The van der Waals surface area contributed by atoms with Crippen molar-refractivity contribution in [1.29, 1.82) is 0 Å². The van der Waals surface area contributed by atoms with Crippen LogP contribution in [-0.2, 0) is 0 Å². The summed E-state index contributed by atoms with van der Waals surface area (Å²) in [4.78, 5) is 17.1. The molecule has 0 aliphatic carbocycles. The monoisotopic (exact) mass is 266 g/mol. The summed E-state index contributed by atoms with van der Waals surface area (Å²) < 4.78 is 15.5. The van der Waals surface area contributed by atoms with Gasteiger partial charge in [-0.25, -0.2) is 9.37 Å². The first-order valence-electron chi connectivity index (χ1n) is 6.49. The Morgan fingerprint density at radius 2 is 1.95 bits per heavy atom. The van der Waals surface area contributed by atoms with Gasteiger partial charge in [0.1, 0.15) is 17.0 Å². The molecule has 2 heterocycles. The number of para-hydroxylation sites is 1. The summed E-state index contributed by atoms with van der Waals surface area (Å²) in [7, 11) is 0. The van der Waals surface area contributed by atoms with E-state index >= 15 is 0 Å². The topological polar surface area (TPSA) is 34.9 Å². The Morgan fingerprint density at radius 3 is 2.80 bits per heavy atom. The lowest BCUT2D eigenvalue weighted by Gasteiger charge is -2.07. The Balaban J connectivity index is 2.22. The molecule has 1 unspecified atom stereocenters. The first kappa shape index (κ1) is 11.3. The van der Waals surface area contributed by atoms with Crippen LogP contribution in [0.15, 0.2) is 47.3 Å². The Bertz CT molecular complexity index is 914. The lowest BCUT2D eigenvalue weighted by Crippen LogP contribution is -2.21. The number of fused-ring (bicyclic) bond motifs is 4. The van der Waals surface area contributed by atoms with Crippen LogP contribution in [0.3, 0.4) is 0 Å². The van der Waals surface area contributed by atoms with Gasteiger partial charge in [-0.1, -0.05) is 31.2 Å². The van der Waals surface area contributed by atoms with Crippen molar-refractivity contribution in [3.05, 3.63) is 70.0 Å². The average molecular weight is 266 g/mol. The van der Waals surface area contributed by atoms with Crippen molar-refractivity contribution in [3.8, 4) is 5.69 Å². The van der Waals surface area contributed by atoms with E-state index in [0.29, 0.717) is 11.3 Å². The van der Waals surface area contributed by atoms with Gasteiger partial charge >= 0.3 is 0 Å². The van der Waals surface area contributed by atoms with Gasteiger partial charge in [0, 0.05) is 5.92 Å². The van der Waals surface area contributed by atoms with Gasteiger partial charge < -0.3 is 0 Å². The summed E-state index contributed by atoms with van der Waals surface area (Å²) in [6, 6.07) is 12.2. The zero-order valence-corrected chi connectivity index (χ0v) is 10.8. The minimum atomic E-state index is -0.521. The van der Waals surface area contributed by atoms with Crippen LogP contribution in [0.2, 0.25) is 0 Å². The standard InChI is InChI=1S/C16H11FN2O/c1-9-10-5-2-3-8-13(10)19-15(9)18-12-7-4-6-11(17)14(12)16(19)20/h2-9H,1H3. The highest BCUT2D eigenvalue weighted by Gasteiger charge is 2.28. The minimum Gasteiger partial charge on any atom is -0.268 e. The van der Waals surface area contributed by atoms with Crippen LogP contribution in [0.4, 0.5) is 4.39 Å². The Labute approximate surface area is 114 Å². The van der Waals surface area contributed by atoms with E-state index in [1.807, 2.05) is 31.2 Å². The van der Waals surface area contributed by atoms with Gasteiger partial charge in [0.15, 0.2) is 0 Å². The van der Waals surface area contributed by atoms with Crippen LogP contribution in [0, 0.1) is 5.82 Å². The first-order chi connectivity index (χ1) is 9.68. The average Bonchev–Trinajstić information content (AvgIpc) is 2.73. The minimum absolute atomic E-state index is 0.0339. The molecule has 0 amide bonds. The second-order valence-corrected chi connectivity index (χ2v) is 5.03. The second-order valence-electron chi connectivity index (χ2n) is 5.03. The fourth-order valence-corrected chi connectivity index (χ4v) is 2.93. The Morgan fingerprint density at radius 1 is 1.15 bits per heavy atom. The number of benzene rings is 2. The van der Waals surface area contributed by atoms with Gasteiger partial charge in [0.2, 0.25) is 0 Å². The van der Waals surface area contributed by atoms with E-state index in [0.717, 1.165) is 11.3 Å². The molecule has 98 valence electrons. The lowest BCUT2D eigenvalue weighted by molar-refractivity contribution is 0.636. The fourth-order valence-electron chi connectivity index (χ4n) is 2.93. The quantitative estimate of drug-likeness (QED) is 0.627. The fraction of sp³-hybridized carbons (Fsp3) is 0.125. The first-order valence-corrected chi connectivity index (χ1v) is 6.49. The molecular formula is C16H11FN2O. The smallest absolute Gasteiger partial charge is 0.268 e. The molecule has 0 spiro atoms. The predicted octanol–water partition coefficient (Wildman–Crippen LogP) is 2.99. The number of hydrogen-bond donors (Lipinski definition) is 0. The maximum atomic E-state index is 13.9. The number of halogens is 1. The van der Waals surface area contributed by atoms with Gasteiger partial charge in [-0.05, 0) is 23.8 Å². The summed E-state index contributed by atoms with van der Waals surface area (Å²) in [6.07, 6.45) is 0. The number of hydrogen-bond acceptors (Lipinski definition) is 2. The SMILES string of the molecule is CC1c2ccccc2-n2c1nc1cccc(F)c1c2=O. The van der Waals surface area contributed by atoms with Crippen LogP contribution in [0.25, 0.3) is 16.6 Å². The van der Waals surface area contributed by atoms with E-state index in [-0.39, 0.29) is 16.9 Å². The second kappa shape index (κ2) is 3.76. The number of nitrogens with zero attached hydrogens (tertiary/aromatic N) is 2. The number of rotatable bonds is 0. The van der Waals surface area contributed by atoms with Crippen LogP contribution in [0.1, 0.15) is 24.2 Å². The van der Waals surface area contributed by atoms with Crippen molar-refractivity contribution in [2.24, 2.45) is 0 Å². The van der Waals surface area contributed by atoms with Crippen LogP contribution in [0.5, 0.6) is 0 Å². The molecular weight excluding hydrogens is 255 g/mol. The van der Waals surface area contributed by atoms with E-state index in [1.54, 1.807) is 12.1 Å². The molecule has 0 radical (unpaired) electrons. The van der Waals surface area contributed by atoms with Gasteiger partial charge in [0.25, 0.3) is 5.56 Å². The van der Waals surface area contributed by atoms with Gasteiger partial charge in [-0.3, -0.25) is 9.36 Å². The highest BCUT2D eigenvalue weighted by molar-refractivity contribution is 5.79. The molecule has 2 aromatic carbocycles. The van der Waals surface area contributed by atoms with Crippen LogP contribution >= 0.6 is 0 Å². The maximum absolute atomic E-state index is 13.9. The van der Waals surface area contributed by atoms with Crippen molar-refractivity contribution in [1.82, 2.24) is 9.55 Å². The van der Waals surface area contributed by atoms with Gasteiger partial charge in [-0.2, -0.15) is 0 Å². The van der Waals surface area contributed by atoms with E-state index in [1.165, 1.54) is 10.6 Å². The molecule has 0 saturated heterocycles. The molecule has 1 aliphatic heterocycles. The summed E-state index contributed by atoms with van der Waals surface area (Å²) in [5, 5.41) is 0.0557. The molecule has 1 aromatic heterocycles. The molecule has 20 heavy (non-hydrogen) atoms. The predicted molar refractivity (Wildman–Crippen MR) is 74.8 cm³/mol. The lowest BCUT2D eigenvalue weighted by atomic mass is 10.0. The normalized spacial score (nSPS) is 16.2. The highest BCUT2D eigenvalue weighted by Crippen LogP contribution is 2.35. The third-order valence-corrected chi connectivity index (χ3v) is 3.90. The molecule has 4 heteroatoms. The van der Waals surface area contributed by atoms with Crippen LogP contribution < -0.4 is 5.56 Å². The molecule has 1 atom stereocenters. The molecule has 1 aliphatic rings. The largest absolute Gasteiger partial charge is 0.268 e. The summed E-state index contributed by atoms with van der Waals surface area (Å²) in [5.41, 5.74) is 1.94. The number of aromatic nitrogens is 2. The summed E-state index contributed by atoms with van der Waals surface area (Å²) >= 11 is 0. The summed E-state index contributed by atoms with van der Waals surface area (Å²) in [5.74, 6) is 0.188. The molecule has 3 aromatic rings. The van der Waals surface area contributed by atoms with Crippen LogP contribution in [-0.4, -0.2) is 9.55 Å². The zero-order chi connectivity index (χ0) is 13.9. The third-order valence-electron chi connectivity index (χ3n) is 3.90. The van der Waals surface area contributed by atoms with E-state index in [2.05, 4.69) is 4.98 Å². The van der Waals surface area contributed by atoms with E-state index in [9.17, 15) is 9.18 Å². The van der Waals surface area contributed by atoms with Gasteiger partial charge in [-0.15, -0.1) is 0 Å². The summed E-state index contributed by atoms with van der Waals surface area (Å²) in [6.45, 7) is 2.01. The van der Waals surface area contributed by atoms with Gasteiger partial charge in [0.05, 0.1) is 11.2 Å². The van der Waals surface area contributed by atoms with Crippen molar-refractivity contribution < 1.29 is 4.39 Å². The van der Waals surface area contributed by atoms with Crippen molar-refractivity contribution in [3.63, 3.8) is 0 Å². The van der Waals surface area contributed by atoms with Crippen molar-refractivity contribution in [2.45, 2.75) is 12.8 Å². The molecule has 3 nitrogen and oxygen atoms in total. The van der Waals surface area contributed by atoms with Crippen molar-refractivity contribution in [2.75, 3.05) is 0 Å². The molecule has 0 fully saturated rings. The Kier molecular flexibility index (Phi) is 2.13. The highest BCUT2D eigenvalue weighted by atomic mass is 19.1. The third kappa shape index (κ3) is 1.28. The van der Waals surface area contributed by atoms with E-state index in [4.69, 9.17) is 0 Å². The van der Waals surface area contributed by atoms with E-state index < -0.39 is 5.82 Å². The maximum Gasteiger partial charge on any atom is 0.268 e. The molecule has 0 bridgehead atoms. The van der Waals surface area contributed by atoms with Crippen molar-refractivity contribution >= 4 is 10.9 Å².